The van der Waals surface area contributed by atoms with Crippen molar-refractivity contribution < 1.29 is 0 Å². The van der Waals surface area contributed by atoms with Crippen LogP contribution in [0.3, 0.4) is 0 Å². The Balaban J connectivity index is 2.11. The van der Waals surface area contributed by atoms with Crippen LogP contribution in [0.15, 0.2) is 22.7 Å². The summed E-state index contributed by atoms with van der Waals surface area (Å²) in [4.78, 5) is 0. The molecule has 0 spiro atoms. The van der Waals surface area contributed by atoms with Gasteiger partial charge < -0.3 is 11.1 Å². The van der Waals surface area contributed by atoms with E-state index in [0.717, 1.165) is 21.8 Å². The third-order valence-electron chi connectivity index (χ3n) is 3.76. The zero-order valence-corrected chi connectivity index (χ0v) is 13.0. The summed E-state index contributed by atoms with van der Waals surface area (Å²) in [5.41, 5.74) is 8.34. The lowest BCUT2D eigenvalue weighted by molar-refractivity contribution is 0.178. The molecule has 0 aliphatic heterocycles. The second-order valence-corrected chi connectivity index (χ2v) is 7.40. The maximum Gasteiger partial charge on any atom is 0.0587 e. The van der Waals surface area contributed by atoms with E-state index in [1.807, 2.05) is 12.1 Å². The lowest BCUT2D eigenvalue weighted by Gasteiger charge is -2.39. The molecule has 1 aliphatic carbocycles. The first-order valence-corrected chi connectivity index (χ1v) is 7.46. The van der Waals surface area contributed by atoms with Crippen LogP contribution in [-0.4, -0.2) is 6.04 Å². The molecule has 3 heteroatoms. The van der Waals surface area contributed by atoms with Crippen LogP contribution in [0.25, 0.3) is 0 Å². The molecule has 2 atom stereocenters. The number of anilines is 2. The Kier molecular flexibility index (Phi) is 3.90. The molecule has 0 heterocycles. The highest BCUT2D eigenvalue weighted by atomic mass is 79.9. The fraction of sp³-hybridized carbons (Fsp3) is 0.600. The Labute approximate surface area is 118 Å². The van der Waals surface area contributed by atoms with Crippen LogP contribution < -0.4 is 11.1 Å². The van der Waals surface area contributed by atoms with E-state index >= 15 is 0 Å². The van der Waals surface area contributed by atoms with Crippen LogP contribution >= 0.6 is 15.9 Å². The standard InChI is InChI=1S/C15H23BrN2/c1-10-6-12(9-15(2,3)8-10)18-14-7-11(16)4-5-13(14)17/h4-5,7,10,12,18H,6,8-9,17H2,1-3H3/t10-,12+/m1/s1. The molecule has 2 nitrogen and oxygen atoms in total. The van der Waals surface area contributed by atoms with E-state index in [1.165, 1.54) is 19.3 Å². The molecule has 1 aromatic carbocycles. The maximum absolute atomic E-state index is 6.03. The first kappa shape index (κ1) is 13.7. The molecule has 1 saturated carbocycles. The van der Waals surface area contributed by atoms with Gasteiger partial charge in [0.25, 0.3) is 0 Å². The van der Waals surface area contributed by atoms with E-state index < -0.39 is 0 Å². The summed E-state index contributed by atoms with van der Waals surface area (Å²) >= 11 is 3.50. The minimum atomic E-state index is 0.427. The second kappa shape index (κ2) is 5.12. The van der Waals surface area contributed by atoms with Crippen molar-refractivity contribution in [3.63, 3.8) is 0 Å². The number of benzene rings is 1. The van der Waals surface area contributed by atoms with Gasteiger partial charge in [0.2, 0.25) is 0 Å². The van der Waals surface area contributed by atoms with Gasteiger partial charge in [0.15, 0.2) is 0 Å². The highest BCUT2D eigenvalue weighted by molar-refractivity contribution is 9.10. The monoisotopic (exact) mass is 310 g/mol. The number of nitrogen functional groups attached to an aromatic ring is 1. The summed E-state index contributed by atoms with van der Waals surface area (Å²) in [6.07, 6.45) is 3.76. The number of rotatable bonds is 2. The van der Waals surface area contributed by atoms with E-state index in [9.17, 15) is 0 Å². The van der Waals surface area contributed by atoms with Crippen LogP contribution in [0, 0.1) is 11.3 Å². The topological polar surface area (TPSA) is 38.0 Å². The van der Waals surface area contributed by atoms with Crippen molar-refractivity contribution in [1.82, 2.24) is 0 Å². The number of halogens is 1. The molecule has 1 fully saturated rings. The van der Waals surface area contributed by atoms with Crippen molar-refractivity contribution in [1.29, 1.82) is 0 Å². The Morgan fingerprint density at radius 1 is 1.33 bits per heavy atom. The van der Waals surface area contributed by atoms with E-state index in [1.54, 1.807) is 0 Å². The SMILES string of the molecule is C[C@@H]1C[C@H](Nc2cc(Br)ccc2N)CC(C)(C)C1. The van der Waals surface area contributed by atoms with Gasteiger partial charge in [-0.2, -0.15) is 0 Å². The molecule has 0 amide bonds. The van der Waals surface area contributed by atoms with Crippen LogP contribution in [0.4, 0.5) is 11.4 Å². The predicted molar refractivity (Wildman–Crippen MR) is 82.8 cm³/mol. The summed E-state index contributed by atoms with van der Waals surface area (Å²) in [6.45, 7) is 7.07. The first-order valence-electron chi connectivity index (χ1n) is 6.67. The molecule has 3 N–H and O–H groups in total. The van der Waals surface area contributed by atoms with E-state index in [4.69, 9.17) is 5.73 Å². The fourth-order valence-electron chi connectivity index (χ4n) is 3.33. The molecule has 0 aromatic heterocycles. The number of nitrogens with one attached hydrogen (secondary N) is 1. The summed E-state index contributed by atoms with van der Waals surface area (Å²) < 4.78 is 1.07. The molecule has 1 aliphatic rings. The van der Waals surface area contributed by atoms with Gasteiger partial charge in [-0.15, -0.1) is 0 Å². The minimum Gasteiger partial charge on any atom is -0.397 e. The second-order valence-electron chi connectivity index (χ2n) is 6.49. The van der Waals surface area contributed by atoms with Crippen molar-refractivity contribution >= 4 is 27.3 Å². The molecule has 0 saturated heterocycles. The molecule has 18 heavy (non-hydrogen) atoms. The average Bonchev–Trinajstić information content (AvgIpc) is 2.20. The highest BCUT2D eigenvalue weighted by Crippen LogP contribution is 2.40. The van der Waals surface area contributed by atoms with Gasteiger partial charge in [0, 0.05) is 10.5 Å². The van der Waals surface area contributed by atoms with E-state index in [2.05, 4.69) is 48.1 Å². The van der Waals surface area contributed by atoms with Crippen LogP contribution in [0.2, 0.25) is 0 Å². The molecule has 2 rings (SSSR count). The molecule has 100 valence electrons. The Hall–Kier alpha value is -0.700. The number of nitrogens with two attached hydrogens (primary N) is 1. The summed E-state index contributed by atoms with van der Waals surface area (Å²) in [5, 5.41) is 3.62. The lowest BCUT2D eigenvalue weighted by atomic mass is 9.70. The highest BCUT2D eigenvalue weighted by Gasteiger charge is 2.32. The summed E-state index contributed by atoms with van der Waals surface area (Å²) in [5.74, 6) is 0.777. The quantitative estimate of drug-likeness (QED) is 0.780. The number of hydrogen-bond acceptors (Lipinski definition) is 2. The van der Waals surface area contributed by atoms with Gasteiger partial charge in [-0.25, -0.2) is 0 Å². The summed E-state index contributed by atoms with van der Waals surface area (Å²) in [7, 11) is 0. The normalized spacial score (nSPS) is 26.9. The molecule has 0 unspecified atom stereocenters. The third-order valence-corrected chi connectivity index (χ3v) is 4.26. The smallest absolute Gasteiger partial charge is 0.0587 e. The zero-order chi connectivity index (χ0) is 13.3. The molecular weight excluding hydrogens is 288 g/mol. The third kappa shape index (κ3) is 3.41. The van der Waals surface area contributed by atoms with Crippen LogP contribution in [-0.2, 0) is 0 Å². The van der Waals surface area contributed by atoms with Gasteiger partial charge in [-0.1, -0.05) is 36.7 Å². The maximum atomic E-state index is 6.03. The molecule has 0 radical (unpaired) electrons. The van der Waals surface area contributed by atoms with Gasteiger partial charge in [0.1, 0.15) is 0 Å². The Morgan fingerprint density at radius 3 is 2.72 bits per heavy atom. The molecule has 1 aromatic rings. The van der Waals surface area contributed by atoms with Crippen LogP contribution in [0.1, 0.15) is 40.0 Å². The van der Waals surface area contributed by atoms with Crippen molar-refractivity contribution in [2.45, 2.75) is 46.1 Å². The number of hydrogen-bond donors (Lipinski definition) is 2. The van der Waals surface area contributed by atoms with Gasteiger partial charge in [-0.05, 0) is 48.8 Å². The van der Waals surface area contributed by atoms with Crippen LogP contribution in [0.5, 0.6) is 0 Å². The van der Waals surface area contributed by atoms with Crippen molar-refractivity contribution in [2.24, 2.45) is 11.3 Å². The Morgan fingerprint density at radius 2 is 2.06 bits per heavy atom. The van der Waals surface area contributed by atoms with E-state index in [-0.39, 0.29) is 0 Å². The van der Waals surface area contributed by atoms with Crippen molar-refractivity contribution in [3.8, 4) is 0 Å². The minimum absolute atomic E-state index is 0.427. The zero-order valence-electron chi connectivity index (χ0n) is 11.5. The largest absolute Gasteiger partial charge is 0.397 e. The lowest BCUT2D eigenvalue weighted by Crippen LogP contribution is -2.35. The van der Waals surface area contributed by atoms with Crippen molar-refractivity contribution in [3.05, 3.63) is 22.7 Å². The average molecular weight is 311 g/mol. The van der Waals surface area contributed by atoms with Gasteiger partial charge in [0.05, 0.1) is 11.4 Å². The van der Waals surface area contributed by atoms with Crippen molar-refractivity contribution in [2.75, 3.05) is 11.1 Å². The van der Waals surface area contributed by atoms with E-state index in [0.29, 0.717) is 11.5 Å². The first-order chi connectivity index (χ1) is 8.35. The fourth-order valence-corrected chi connectivity index (χ4v) is 3.69. The molecule has 0 bridgehead atoms. The van der Waals surface area contributed by atoms with Gasteiger partial charge in [-0.3, -0.25) is 0 Å². The summed E-state index contributed by atoms with van der Waals surface area (Å²) in [6, 6.07) is 6.53. The predicted octanol–water partition coefficient (Wildman–Crippen LogP) is 4.66. The Bertz CT molecular complexity index is 429. The molecular formula is C15H23BrN2. The van der Waals surface area contributed by atoms with Gasteiger partial charge >= 0.3 is 0 Å².